The van der Waals surface area contributed by atoms with E-state index in [9.17, 15) is 4.79 Å². The zero-order valence-corrected chi connectivity index (χ0v) is 12.1. The molecule has 1 aromatic carbocycles. The van der Waals surface area contributed by atoms with Crippen LogP contribution < -0.4 is 11.1 Å². The van der Waals surface area contributed by atoms with Crippen LogP contribution in [0.5, 0.6) is 0 Å². The fraction of sp³-hybridized carbons (Fsp3) is 0.154. The summed E-state index contributed by atoms with van der Waals surface area (Å²) in [6, 6.07) is 5.81. The fourth-order valence-electron chi connectivity index (χ4n) is 1.67. The molecular weight excluding hydrogens is 312 g/mol. The van der Waals surface area contributed by atoms with Crippen LogP contribution in [0, 0.1) is 0 Å². The molecule has 0 fully saturated rings. The van der Waals surface area contributed by atoms with Crippen molar-refractivity contribution in [2.24, 2.45) is 0 Å². The van der Waals surface area contributed by atoms with Gasteiger partial charge in [0.1, 0.15) is 4.88 Å². The summed E-state index contributed by atoms with van der Waals surface area (Å²) in [5.41, 5.74) is 6.58. The quantitative estimate of drug-likeness (QED) is 0.667. The fourth-order valence-corrected chi connectivity index (χ4v) is 3.44. The third kappa shape index (κ3) is 2.42. The highest BCUT2D eigenvalue weighted by molar-refractivity contribution is 9.10. The molecule has 0 radical (unpaired) electrons. The molecule has 2 rings (SSSR count). The number of nitrogens with two attached hydrogens (primary N) is 1. The molecule has 0 unspecified atom stereocenters. The highest BCUT2D eigenvalue weighted by Gasteiger charge is 2.17. The number of amides is 1. The highest BCUT2D eigenvalue weighted by atomic mass is 79.9. The van der Waals surface area contributed by atoms with E-state index in [0.717, 1.165) is 21.0 Å². The van der Waals surface area contributed by atoms with E-state index in [1.807, 2.05) is 18.2 Å². The summed E-state index contributed by atoms with van der Waals surface area (Å²) in [6.07, 6.45) is 2.52. The van der Waals surface area contributed by atoms with Crippen molar-refractivity contribution in [2.45, 2.75) is 6.42 Å². The van der Waals surface area contributed by atoms with Crippen molar-refractivity contribution < 1.29 is 4.79 Å². The summed E-state index contributed by atoms with van der Waals surface area (Å²) in [4.78, 5) is 12.6. The Labute approximate surface area is 118 Å². The number of hydrogen-bond donors (Lipinski definition) is 2. The van der Waals surface area contributed by atoms with Crippen LogP contribution >= 0.6 is 27.3 Å². The first-order valence-corrected chi connectivity index (χ1v) is 7.11. The Balaban J connectivity index is 2.34. The molecule has 1 amide bonds. The van der Waals surface area contributed by atoms with Gasteiger partial charge < -0.3 is 11.1 Å². The van der Waals surface area contributed by atoms with Crippen molar-refractivity contribution in [3.8, 4) is 0 Å². The highest BCUT2D eigenvalue weighted by Crippen LogP contribution is 2.37. The van der Waals surface area contributed by atoms with Crippen molar-refractivity contribution >= 4 is 48.9 Å². The Morgan fingerprint density at radius 2 is 2.33 bits per heavy atom. The minimum Gasteiger partial charge on any atom is -0.397 e. The summed E-state index contributed by atoms with van der Waals surface area (Å²) in [5, 5.41) is 3.74. The largest absolute Gasteiger partial charge is 0.397 e. The smallest absolute Gasteiger partial charge is 0.263 e. The van der Waals surface area contributed by atoms with Crippen LogP contribution in [0.2, 0.25) is 0 Å². The van der Waals surface area contributed by atoms with Gasteiger partial charge in [-0.15, -0.1) is 17.9 Å². The van der Waals surface area contributed by atoms with Crippen LogP contribution in [0.3, 0.4) is 0 Å². The maximum atomic E-state index is 12.0. The van der Waals surface area contributed by atoms with Crippen molar-refractivity contribution in [1.29, 1.82) is 0 Å². The zero-order chi connectivity index (χ0) is 13.1. The number of hydrogen-bond acceptors (Lipinski definition) is 3. The predicted molar refractivity (Wildman–Crippen MR) is 81.1 cm³/mol. The van der Waals surface area contributed by atoms with Crippen LogP contribution in [0.4, 0.5) is 5.69 Å². The van der Waals surface area contributed by atoms with E-state index < -0.39 is 0 Å². The lowest BCUT2D eigenvalue weighted by atomic mass is 10.2. The number of carbonyl (C=O) groups is 1. The average molecular weight is 325 g/mol. The first-order chi connectivity index (χ1) is 8.65. The lowest BCUT2D eigenvalue weighted by Gasteiger charge is -2.02. The van der Waals surface area contributed by atoms with E-state index in [4.69, 9.17) is 5.73 Å². The Morgan fingerprint density at radius 3 is 3.00 bits per heavy atom. The number of nitrogens with one attached hydrogen (secondary N) is 1. The molecule has 1 heterocycles. The number of carbonyl (C=O) groups excluding carboxylic acids is 1. The molecule has 3 N–H and O–H groups in total. The molecule has 5 heteroatoms. The molecule has 3 nitrogen and oxygen atoms in total. The Morgan fingerprint density at radius 1 is 1.56 bits per heavy atom. The average Bonchev–Trinajstić information content (AvgIpc) is 2.68. The van der Waals surface area contributed by atoms with Gasteiger partial charge in [-0.1, -0.05) is 28.1 Å². The Bertz CT molecular complexity index is 606. The van der Waals surface area contributed by atoms with E-state index in [2.05, 4.69) is 27.8 Å². The molecule has 0 saturated heterocycles. The van der Waals surface area contributed by atoms with E-state index >= 15 is 0 Å². The van der Waals surface area contributed by atoms with Gasteiger partial charge in [-0.25, -0.2) is 0 Å². The summed E-state index contributed by atoms with van der Waals surface area (Å²) >= 11 is 4.87. The van der Waals surface area contributed by atoms with Crippen molar-refractivity contribution in [1.82, 2.24) is 5.32 Å². The Hall–Kier alpha value is -1.33. The van der Waals surface area contributed by atoms with Crippen molar-refractivity contribution in [3.63, 3.8) is 0 Å². The first kappa shape index (κ1) is 13.1. The number of halogens is 1. The van der Waals surface area contributed by atoms with E-state index in [1.165, 1.54) is 11.3 Å². The maximum Gasteiger partial charge on any atom is 0.263 e. The van der Waals surface area contributed by atoms with Crippen LogP contribution in [0.25, 0.3) is 10.1 Å². The first-order valence-electron chi connectivity index (χ1n) is 5.50. The molecule has 0 bridgehead atoms. The standard InChI is InChI=1S/C13H13BrN2OS/c1-2-3-7-16-13(17)12-11(15)10-8(14)5-4-6-9(10)18-12/h2,4-6H,1,3,7,15H2,(H,16,17). The van der Waals surface area contributed by atoms with Gasteiger partial charge in [0.15, 0.2) is 0 Å². The maximum absolute atomic E-state index is 12.0. The summed E-state index contributed by atoms with van der Waals surface area (Å²) in [6.45, 7) is 4.20. The molecule has 2 aromatic rings. The SMILES string of the molecule is C=CCCNC(=O)c1sc2cccc(Br)c2c1N. The normalized spacial score (nSPS) is 10.5. The second kappa shape index (κ2) is 5.54. The lowest BCUT2D eigenvalue weighted by Crippen LogP contribution is -2.23. The summed E-state index contributed by atoms with van der Waals surface area (Å²) in [7, 11) is 0. The number of benzene rings is 1. The molecule has 94 valence electrons. The van der Waals surface area contributed by atoms with Crippen LogP contribution in [0.1, 0.15) is 16.1 Å². The number of thiophene rings is 1. The number of rotatable bonds is 4. The molecule has 0 aliphatic heterocycles. The van der Waals surface area contributed by atoms with Gasteiger partial charge >= 0.3 is 0 Å². The minimum absolute atomic E-state index is 0.123. The van der Waals surface area contributed by atoms with E-state index in [-0.39, 0.29) is 5.91 Å². The molecule has 0 saturated carbocycles. The minimum atomic E-state index is -0.123. The number of fused-ring (bicyclic) bond motifs is 1. The van der Waals surface area contributed by atoms with Crippen LogP contribution in [-0.2, 0) is 0 Å². The molecule has 0 spiro atoms. The Kier molecular flexibility index (Phi) is 4.04. The third-order valence-electron chi connectivity index (χ3n) is 2.54. The monoisotopic (exact) mass is 324 g/mol. The van der Waals surface area contributed by atoms with E-state index in [0.29, 0.717) is 17.1 Å². The predicted octanol–water partition coefficient (Wildman–Crippen LogP) is 3.55. The van der Waals surface area contributed by atoms with Gasteiger partial charge in [-0.05, 0) is 18.6 Å². The lowest BCUT2D eigenvalue weighted by molar-refractivity contribution is 0.0959. The zero-order valence-electron chi connectivity index (χ0n) is 9.70. The van der Waals surface area contributed by atoms with E-state index in [1.54, 1.807) is 6.08 Å². The molecule has 0 aliphatic carbocycles. The molecule has 18 heavy (non-hydrogen) atoms. The van der Waals surface area contributed by atoms with Gasteiger partial charge in [-0.3, -0.25) is 4.79 Å². The topological polar surface area (TPSA) is 55.1 Å². The third-order valence-corrected chi connectivity index (χ3v) is 4.37. The second-order valence-corrected chi connectivity index (χ2v) is 5.70. The number of anilines is 1. The van der Waals surface area contributed by atoms with Gasteiger partial charge in [0, 0.05) is 21.1 Å². The van der Waals surface area contributed by atoms with Gasteiger partial charge in [0.2, 0.25) is 0 Å². The molecular formula is C13H13BrN2OS. The van der Waals surface area contributed by atoms with Gasteiger partial charge in [-0.2, -0.15) is 0 Å². The molecule has 1 aromatic heterocycles. The van der Waals surface area contributed by atoms with Crippen molar-refractivity contribution in [3.05, 3.63) is 40.2 Å². The number of nitrogen functional groups attached to an aromatic ring is 1. The second-order valence-electron chi connectivity index (χ2n) is 3.79. The summed E-state index contributed by atoms with van der Waals surface area (Å²) < 4.78 is 1.93. The van der Waals surface area contributed by atoms with Gasteiger partial charge in [0.25, 0.3) is 5.91 Å². The van der Waals surface area contributed by atoms with Gasteiger partial charge in [0.05, 0.1) is 5.69 Å². The van der Waals surface area contributed by atoms with Crippen LogP contribution in [-0.4, -0.2) is 12.5 Å². The van der Waals surface area contributed by atoms with Crippen molar-refractivity contribution in [2.75, 3.05) is 12.3 Å². The molecule has 0 atom stereocenters. The van der Waals surface area contributed by atoms with Crippen LogP contribution in [0.15, 0.2) is 35.3 Å². The molecule has 0 aliphatic rings. The summed E-state index contributed by atoms with van der Waals surface area (Å²) in [5.74, 6) is -0.123.